The van der Waals surface area contributed by atoms with Gasteiger partial charge in [-0.1, -0.05) is 6.07 Å². The fourth-order valence-corrected chi connectivity index (χ4v) is 1.33. The Balaban J connectivity index is 2.55. The lowest BCUT2D eigenvalue weighted by atomic mass is 10.1. The summed E-state index contributed by atoms with van der Waals surface area (Å²) in [5.74, 6) is -1.75. The highest BCUT2D eigenvalue weighted by Gasteiger charge is 2.06. The van der Waals surface area contributed by atoms with E-state index in [1.165, 1.54) is 12.3 Å². The van der Waals surface area contributed by atoms with E-state index in [1.807, 2.05) is 0 Å². The van der Waals surface area contributed by atoms with Crippen LogP contribution in [0.15, 0.2) is 36.7 Å². The van der Waals surface area contributed by atoms with Crippen LogP contribution in [0.5, 0.6) is 0 Å². The highest BCUT2D eigenvalue weighted by atomic mass is 19.2. The molecule has 0 fully saturated rings. The number of benzene rings is 1. The molecule has 2 rings (SSSR count). The minimum atomic E-state index is -0.885. The molecular formula is C11H8F2N2. The molecular weight excluding hydrogens is 198 g/mol. The predicted molar refractivity (Wildman–Crippen MR) is 54.0 cm³/mol. The summed E-state index contributed by atoms with van der Waals surface area (Å²) in [6.45, 7) is 0. The number of rotatable bonds is 1. The first kappa shape index (κ1) is 9.58. The van der Waals surface area contributed by atoms with Crippen LogP contribution in [0, 0.1) is 11.6 Å². The summed E-state index contributed by atoms with van der Waals surface area (Å²) >= 11 is 0. The summed E-state index contributed by atoms with van der Waals surface area (Å²) in [6, 6.07) is 5.32. The van der Waals surface area contributed by atoms with Crippen LogP contribution < -0.4 is 5.73 Å². The number of hydrogen-bond acceptors (Lipinski definition) is 2. The van der Waals surface area contributed by atoms with Gasteiger partial charge in [-0.25, -0.2) is 8.78 Å². The minimum Gasteiger partial charge on any atom is -0.397 e. The van der Waals surface area contributed by atoms with Crippen LogP contribution in [0.1, 0.15) is 0 Å². The fourth-order valence-electron chi connectivity index (χ4n) is 1.33. The lowest BCUT2D eigenvalue weighted by molar-refractivity contribution is 0.509. The Hall–Kier alpha value is -1.97. The number of nitrogens with two attached hydrogens (primary N) is 1. The van der Waals surface area contributed by atoms with E-state index in [0.717, 1.165) is 12.1 Å². The van der Waals surface area contributed by atoms with Gasteiger partial charge in [0.05, 0.1) is 11.9 Å². The molecule has 0 unspecified atom stereocenters. The van der Waals surface area contributed by atoms with Crippen LogP contribution >= 0.6 is 0 Å². The number of pyridine rings is 1. The third kappa shape index (κ3) is 1.79. The lowest BCUT2D eigenvalue weighted by Crippen LogP contribution is -1.92. The third-order valence-electron chi connectivity index (χ3n) is 2.08. The van der Waals surface area contributed by atoms with Gasteiger partial charge in [-0.2, -0.15) is 0 Å². The van der Waals surface area contributed by atoms with Gasteiger partial charge in [0.15, 0.2) is 11.6 Å². The quantitative estimate of drug-likeness (QED) is 0.778. The highest BCUT2D eigenvalue weighted by molar-refractivity contribution is 5.75. The summed E-state index contributed by atoms with van der Waals surface area (Å²) in [7, 11) is 0. The summed E-state index contributed by atoms with van der Waals surface area (Å²) in [4.78, 5) is 3.82. The van der Waals surface area contributed by atoms with Gasteiger partial charge in [-0.15, -0.1) is 0 Å². The van der Waals surface area contributed by atoms with Gasteiger partial charge in [-0.05, 0) is 23.8 Å². The van der Waals surface area contributed by atoms with Crippen LogP contribution in [0.25, 0.3) is 11.1 Å². The Morgan fingerprint density at radius 3 is 2.53 bits per heavy atom. The van der Waals surface area contributed by atoms with Gasteiger partial charge in [0.1, 0.15) is 0 Å². The molecule has 1 aromatic heterocycles. The second kappa shape index (κ2) is 3.65. The second-order valence-electron chi connectivity index (χ2n) is 3.09. The van der Waals surface area contributed by atoms with E-state index in [2.05, 4.69) is 4.98 Å². The number of anilines is 1. The molecule has 1 heterocycles. The van der Waals surface area contributed by atoms with Crippen molar-refractivity contribution < 1.29 is 8.78 Å². The average Bonchev–Trinajstić information content (AvgIpc) is 2.23. The van der Waals surface area contributed by atoms with Crippen molar-refractivity contribution in [2.45, 2.75) is 0 Å². The molecule has 0 aliphatic heterocycles. The van der Waals surface area contributed by atoms with E-state index >= 15 is 0 Å². The van der Waals surface area contributed by atoms with Crippen LogP contribution in [0.4, 0.5) is 14.5 Å². The molecule has 0 saturated carbocycles. The first-order chi connectivity index (χ1) is 7.18. The van der Waals surface area contributed by atoms with Crippen molar-refractivity contribution in [3.05, 3.63) is 48.3 Å². The van der Waals surface area contributed by atoms with Gasteiger partial charge in [0, 0.05) is 11.8 Å². The van der Waals surface area contributed by atoms with E-state index in [-0.39, 0.29) is 0 Å². The van der Waals surface area contributed by atoms with E-state index in [4.69, 9.17) is 5.73 Å². The Kier molecular flexibility index (Phi) is 2.33. The molecule has 2 aromatic rings. The monoisotopic (exact) mass is 206 g/mol. The van der Waals surface area contributed by atoms with Crippen molar-refractivity contribution in [3.8, 4) is 11.1 Å². The first-order valence-corrected chi connectivity index (χ1v) is 4.33. The summed E-state index contributed by atoms with van der Waals surface area (Å²) < 4.78 is 25.7. The number of hydrogen-bond donors (Lipinski definition) is 1. The zero-order valence-corrected chi connectivity index (χ0v) is 7.74. The SMILES string of the molecule is Nc1cnccc1-c1ccc(F)c(F)c1. The van der Waals surface area contributed by atoms with Crippen molar-refractivity contribution in [1.82, 2.24) is 4.98 Å². The molecule has 0 radical (unpaired) electrons. The van der Waals surface area contributed by atoms with Gasteiger partial charge in [0.2, 0.25) is 0 Å². The minimum absolute atomic E-state index is 0.434. The molecule has 0 saturated heterocycles. The predicted octanol–water partition coefficient (Wildman–Crippen LogP) is 2.61. The van der Waals surface area contributed by atoms with Gasteiger partial charge < -0.3 is 5.73 Å². The zero-order valence-electron chi connectivity index (χ0n) is 7.74. The molecule has 0 spiro atoms. The molecule has 0 bridgehead atoms. The molecule has 15 heavy (non-hydrogen) atoms. The molecule has 0 amide bonds. The standard InChI is InChI=1S/C11H8F2N2/c12-9-2-1-7(5-10(9)13)8-3-4-15-6-11(8)14/h1-6H,14H2. The van der Waals surface area contributed by atoms with Gasteiger partial charge in [0.25, 0.3) is 0 Å². The molecule has 2 N–H and O–H groups in total. The van der Waals surface area contributed by atoms with Crippen molar-refractivity contribution in [3.63, 3.8) is 0 Å². The van der Waals surface area contributed by atoms with Crippen molar-refractivity contribution in [2.75, 3.05) is 5.73 Å². The summed E-state index contributed by atoms with van der Waals surface area (Å²) in [6.07, 6.45) is 3.02. The largest absolute Gasteiger partial charge is 0.397 e. The van der Waals surface area contributed by atoms with Crippen LogP contribution in [-0.2, 0) is 0 Å². The normalized spacial score (nSPS) is 10.3. The Morgan fingerprint density at radius 1 is 1.07 bits per heavy atom. The fraction of sp³-hybridized carbons (Fsp3) is 0. The average molecular weight is 206 g/mol. The second-order valence-corrected chi connectivity index (χ2v) is 3.09. The van der Waals surface area contributed by atoms with E-state index < -0.39 is 11.6 Å². The highest BCUT2D eigenvalue weighted by Crippen LogP contribution is 2.25. The molecule has 76 valence electrons. The summed E-state index contributed by atoms with van der Waals surface area (Å²) in [5.41, 5.74) is 7.27. The van der Waals surface area contributed by atoms with Crippen LogP contribution in [0.2, 0.25) is 0 Å². The molecule has 4 heteroatoms. The van der Waals surface area contributed by atoms with Crippen molar-refractivity contribution >= 4 is 5.69 Å². The Bertz CT molecular complexity index is 498. The third-order valence-corrected chi connectivity index (χ3v) is 2.08. The van der Waals surface area contributed by atoms with Crippen molar-refractivity contribution in [1.29, 1.82) is 0 Å². The maximum absolute atomic E-state index is 13.0. The number of aromatic nitrogens is 1. The molecule has 0 atom stereocenters. The van der Waals surface area contributed by atoms with Crippen LogP contribution in [-0.4, -0.2) is 4.98 Å². The first-order valence-electron chi connectivity index (χ1n) is 4.33. The molecule has 0 aliphatic rings. The van der Waals surface area contributed by atoms with E-state index in [9.17, 15) is 8.78 Å². The number of halogens is 2. The zero-order chi connectivity index (χ0) is 10.8. The van der Waals surface area contributed by atoms with Crippen LogP contribution in [0.3, 0.4) is 0 Å². The van der Waals surface area contributed by atoms with Crippen molar-refractivity contribution in [2.24, 2.45) is 0 Å². The lowest BCUT2D eigenvalue weighted by Gasteiger charge is -2.04. The maximum atomic E-state index is 13.0. The molecule has 2 nitrogen and oxygen atoms in total. The topological polar surface area (TPSA) is 38.9 Å². The Morgan fingerprint density at radius 2 is 1.87 bits per heavy atom. The maximum Gasteiger partial charge on any atom is 0.159 e. The number of nitrogens with zero attached hydrogens (tertiary/aromatic N) is 1. The summed E-state index contributed by atoms with van der Waals surface area (Å²) in [5, 5.41) is 0. The van der Waals surface area contributed by atoms with Gasteiger partial charge in [-0.3, -0.25) is 4.98 Å². The van der Waals surface area contributed by atoms with E-state index in [1.54, 1.807) is 12.3 Å². The van der Waals surface area contributed by atoms with E-state index in [0.29, 0.717) is 16.8 Å². The molecule has 0 aliphatic carbocycles. The van der Waals surface area contributed by atoms with Gasteiger partial charge >= 0.3 is 0 Å². The Labute approximate surface area is 85.4 Å². The molecule has 1 aromatic carbocycles. The smallest absolute Gasteiger partial charge is 0.159 e. The number of nitrogen functional groups attached to an aromatic ring is 1.